The van der Waals surface area contributed by atoms with Crippen molar-refractivity contribution in [2.24, 2.45) is 0 Å². The fourth-order valence-electron chi connectivity index (χ4n) is 1.69. The first-order chi connectivity index (χ1) is 10.3. The van der Waals surface area contributed by atoms with Crippen LogP contribution in [0.4, 0.5) is 40.9 Å². The van der Waals surface area contributed by atoms with E-state index >= 15 is 0 Å². The van der Waals surface area contributed by atoms with Gasteiger partial charge in [0.15, 0.2) is 0 Å². The minimum Gasteiger partial charge on any atom is -0.355 e. The minimum absolute atomic E-state index is 0.00758. The fraction of sp³-hybridized carbons (Fsp3) is 0. The topological polar surface area (TPSA) is 55.2 Å². The summed E-state index contributed by atoms with van der Waals surface area (Å²) < 4.78 is 76.1. The zero-order valence-electron chi connectivity index (χ0n) is 11.0. The molecule has 1 N–H and O–H groups in total. The van der Waals surface area contributed by atoms with E-state index in [2.05, 4.69) is 5.32 Å². The largest absolute Gasteiger partial charge is 0.355 e. The second kappa shape index (κ2) is 4.54. The molecule has 0 radical (unpaired) electrons. The van der Waals surface area contributed by atoms with Crippen molar-refractivity contribution in [2.75, 3.05) is 5.32 Å². The van der Waals surface area contributed by atoms with Gasteiger partial charge in [-0.1, -0.05) is 19.4 Å². The number of anilines is 2. The van der Waals surface area contributed by atoms with Crippen LogP contribution < -0.4 is 5.32 Å². The lowest BCUT2D eigenvalue weighted by molar-refractivity contribution is -0.387. The molecule has 0 amide bonds. The summed E-state index contributed by atoms with van der Waals surface area (Å²) >= 11 is 0. The molecule has 23 heavy (non-hydrogen) atoms. The number of nitrogens with zero attached hydrogens (tertiary/aromatic N) is 1. The lowest BCUT2D eigenvalue weighted by Crippen LogP contribution is -2.05. The molecule has 11 heteroatoms. The van der Waals surface area contributed by atoms with Crippen molar-refractivity contribution in [3.63, 3.8) is 0 Å². The molecule has 0 heterocycles. The molecule has 0 bridgehead atoms. The molecule has 0 unspecified atom stereocenters. The van der Waals surface area contributed by atoms with Gasteiger partial charge in [0.25, 0.3) is 0 Å². The van der Waals surface area contributed by atoms with Gasteiger partial charge in [-0.25, -0.2) is 0 Å². The van der Waals surface area contributed by atoms with Crippen molar-refractivity contribution in [3.8, 4) is 0 Å². The van der Waals surface area contributed by atoms with Gasteiger partial charge in [-0.15, -0.1) is 0 Å². The number of benzene rings is 2. The smallest absolute Gasteiger partial charge is 0.310 e. The zero-order valence-corrected chi connectivity index (χ0v) is 11.8. The second-order valence-corrected chi connectivity index (χ2v) is 6.95. The predicted molar refractivity (Wildman–Crippen MR) is 74.2 cm³/mol. The molecular formula is C12H8F6N2O2S. The molecule has 4 nitrogen and oxygen atoms in total. The van der Waals surface area contributed by atoms with Crippen molar-refractivity contribution < 1.29 is 28.7 Å². The maximum Gasteiger partial charge on any atom is 0.310 e. The summed E-state index contributed by atoms with van der Waals surface area (Å²) in [6, 6.07) is 4.63. The quantitative estimate of drug-likeness (QED) is 0.406. The molecule has 0 aromatic heterocycles. The van der Waals surface area contributed by atoms with E-state index < -0.39 is 31.5 Å². The van der Waals surface area contributed by atoms with Gasteiger partial charge in [0.05, 0.1) is 4.92 Å². The third kappa shape index (κ3) is 4.06. The highest BCUT2D eigenvalue weighted by Gasteiger charge is 2.65. The lowest BCUT2D eigenvalue weighted by Gasteiger charge is -2.40. The van der Waals surface area contributed by atoms with Gasteiger partial charge in [-0.05, 0) is 30.3 Å². The first kappa shape index (κ1) is 16.9. The Kier molecular flexibility index (Phi) is 3.34. The number of hydrogen-bond acceptors (Lipinski definition) is 3. The molecule has 0 saturated heterocycles. The van der Waals surface area contributed by atoms with Crippen LogP contribution in [0.3, 0.4) is 0 Å². The molecule has 0 aliphatic carbocycles. The van der Waals surface area contributed by atoms with Crippen molar-refractivity contribution in [1.29, 1.82) is 0 Å². The fourth-order valence-corrected chi connectivity index (χ4v) is 2.35. The van der Waals surface area contributed by atoms with E-state index in [0.29, 0.717) is 0 Å². The van der Waals surface area contributed by atoms with Crippen molar-refractivity contribution in [1.82, 2.24) is 0 Å². The van der Waals surface area contributed by atoms with Crippen LogP contribution >= 0.6 is 10.2 Å². The number of nitrogens with one attached hydrogen (secondary N) is 1. The average molecular weight is 358 g/mol. The first-order valence-corrected chi connectivity index (χ1v) is 7.76. The van der Waals surface area contributed by atoms with Crippen LogP contribution in [0, 0.1) is 15.9 Å². The molecule has 0 aliphatic heterocycles. The van der Waals surface area contributed by atoms with Crippen LogP contribution in [0.2, 0.25) is 0 Å². The average Bonchev–Trinajstić information content (AvgIpc) is 2.36. The molecule has 2 rings (SSSR count). The third-order valence-corrected chi connectivity index (χ3v) is 3.90. The molecule has 0 saturated carbocycles. The highest BCUT2D eigenvalue weighted by molar-refractivity contribution is 8.45. The van der Waals surface area contributed by atoms with Gasteiger partial charge in [0.1, 0.15) is 4.90 Å². The Morgan fingerprint density at radius 3 is 1.87 bits per heavy atom. The van der Waals surface area contributed by atoms with Gasteiger partial charge < -0.3 is 5.32 Å². The summed E-state index contributed by atoms with van der Waals surface area (Å²) in [7, 11) is -9.75. The first-order valence-electron chi connectivity index (χ1n) is 5.81. The van der Waals surface area contributed by atoms with Crippen molar-refractivity contribution in [2.45, 2.75) is 4.90 Å². The van der Waals surface area contributed by atoms with E-state index in [1.165, 1.54) is 0 Å². The number of hydrogen-bond donors (Lipinski definition) is 1. The number of nitro benzene ring substituents is 1. The molecule has 2 aromatic carbocycles. The van der Waals surface area contributed by atoms with Gasteiger partial charge in [-0.2, -0.15) is 4.39 Å². The van der Waals surface area contributed by atoms with Gasteiger partial charge in [0.2, 0.25) is 5.82 Å². The van der Waals surface area contributed by atoms with Gasteiger partial charge in [-0.3, -0.25) is 10.1 Å². The summed E-state index contributed by atoms with van der Waals surface area (Å²) in [5.41, 5.74) is -0.788. The van der Waals surface area contributed by atoms with E-state index in [-0.39, 0.29) is 23.5 Å². The van der Waals surface area contributed by atoms with E-state index in [4.69, 9.17) is 0 Å². The molecule has 0 atom stereocenters. The Morgan fingerprint density at radius 1 is 0.913 bits per heavy atom. The van der Waals surface area contributed by atoms with Crippen LogP contribution in [0.5, 0.6) is 0 Å². The van der Waals surface area contributed by atoms with E-state index in [1.54, 1.807) is 0 Å². The molecule has 126 valence electrons. The number of halogens is 6. The Labute approximate surface area is 125 Å². The van der Waals surface area contributed by atoms with Crippen LogP contribution in [0.1, 0.15) is 0 Å². The van der Waals surface area contributed by atoms with E-state index in [1.807, 2.05) is 0 Å². The van der Waals surface area contributed by atoms with E-state index in [9.17, 15) is 33.9 Å². The summed E-state index contributed by atoms with van der Waals surface area (Å²) in [4.78, 5) is 7.46. The zero-order chi connectivity index (χ0) is 17.5. The highest BCUT2D eigenvalue weighted by atomic mass is 32.5. The normalized spacial score (nSPS) is 14.7. The highest BCUT2D eigenvalue weighted by Crippen LogP contribution is 3.02. The molecule has 0 aliphatic rings. The minimum atomic E-state index is -9.75. The standard InChI is InChI=1S/C12H8F6N2O2S/c13-11-7-9(3-6-12(11)20(21)22)19-8-1-4-10(5-2-8)23(14,15,16,17)18/h1-7,19H. The number of rotatable bonds is 4. The maximum absolute atomic E-state index is 13.4. The Bertz CT molecular complexity index is 777. The molecular weight excluding hydrogens is 350 g/mol. The monoisotopic (exact) mass is 358 g/mol. The van der Waals surface area contributed by atoms with Gasteiger partial charge in [0, 0.05) is 23.5 Å². The maximum atomic E-state index is 13.4. The molecule has 0 fully saturated rings. The molecule has 2 aromatic rings. The lowest BCUT2D eigenvalue weighted by atomic mass is 10.2. The SMILES string of the molecule is O=[N+]([O-])c1ccc(Nc2ccc(S(F)(F)(F)(F)F)cc2)cc1F. The Hall–Kier alpha value is -2.43. The second-order valence-electron chi connectivity index (χ2n) is 4.54. The molecule has 0 spiro atoms. The summed E-state index contributed by atoms with van der Waals surface area (Å²) in [6.07, 6.45) is 0. The number of nitro groups is 1. The Balaban J connectivity index is 2.26. The van der Waals surface area contributed by atoms with Crippen LogP contribution in [0.15, 0.2) is 47.4 Å². The summed E-state index contributed by atoms with van der Waals surface area (Å²) in [6.45, 7) is 0. The van der Waals surface area contributed by atoms with Crippen LogP contribution in [0.25, 0.3) is 0 Å². The predicted octanol–water partition coefficient (Wildman–Crippen LogP) is 6.13. The van der Waals surface area contributed by atoms with Gasteiger partial charge >= 0.3 is 15.9 Å². The van der Waals surface area contributed by atoms with Crippen molar-refractivity contribution in [3.05, 3.63) is 58.4 Å². The van der Waals surface area contributed by atoms with Crippen molar-refractivity contribution >= 4 is 27.3 Å². The Morgan fingerprint density at radius 2 is 1.43 bits per heavy atom. The van der Waals surface area contributed by atoms with E-state index in [0.717, 1.165) is 30.3 Å². The summed E-state index contributed by atoms with van der Waals surface area (Å²) in [5, 5.41) is 12.9. The summed E-state index contributed by atoms with van der Waals surface area (Å²) in [5.74, 6) is -1.15. The van der Waals surface area contributed by atoms with Crippen LogP contribution in [-0.4, -0.2) is 4.92 Å². The third-order valence-electron chi connectivity index (χ3n) is 2.73. The van der Waals surface area contributed by atoms with Crippen LogP contribution in [-0.2, 0) is 0 Å².